The molecule has 0 radical (unpaired) electrons. The number of sulfone groups is 1. The number of allylic oxidation sites excluding steroid dienone is 2. The van der Waals surface area contributed by atoms with Crippen LogP contribution in [-0.4, -0.2) is 103 Å². The van der Waals surface area contributed by atoms with E-state index in [1.165, 1.54) is 13.0 Å². The number of aromatic nitrogens is 1. The van der Waals surface area contributed by atoms with Crippen molar-refractivity contribution in [2.45, 2.75) is 91.6 Å². The van der Waals surface area contributed by atoms with Gasteiger partial charge in [-0.3, -0.25) is 19.2 Å². The fraction of sp³-hybridized carbons (Fsp3) is 0.639. The van der Waals surface area contributed by atoms with E-state index < -0.39 is 45.1 Å². The number of nitrogens with one attached hydrogen (secondary N) is 2. The maximum Gasteiger partial charge on any atom is 0.310 e. The summed E-state index contributed by atoms with van der Waals surface area (Å²) in [5.74, 6) is -3.68. The molecule has 280 valence electrons. The molecule has 0 aromatic carbocycles. The van der Waals surface area contributed by atoms with E-state index in [1.807, 2.05) is 45.6 Å². The van der Waals surface area contributed by atoms with Crippen LogP contribution in [-0.2, 0) is 35.4 Å². The van der Waals surface area contributed by atoms with Crippen LogP contribution in [0.4, 0.5) is 0 Å². The maximum absolute atomic E-state index is 13.7. The molecular weight excluding hydrogens is 664 g/mol. The molecule has 0 unspecified atom stereocenters. The number of rotatable bonds is 7. The fourth-order valence-electron chi connectivity index (χ4n) is 5.69. The van der Waals surface area contributed by atoms with Crippen molar-refractivity contribution < 1.29 is 41.9 Å². The van der Waals surface area contributed by atoms with E-state index in [-0.39, 0.29) is 66.7 Å². The van der Waals surface area contributed by atoms with Gasteiger partial charge in [0.15, 0.2) is 15.5 Å². The minimum absolute atomic E-state index is 0.00371. The van der Waals surface area contributed by atoms with Crippen LogP contribution in [0.5, 0.6) is 0 Å². The van der Waals surface area contributed by atoms with Gasteiger partial charge in [0.25, 0.3) is 5.91 Å². The number of aliphatic hydroxyl groups is 1. The highest BCUT2D eigenvalue weighted by atomic mass is 32.2. The zero-order valence-electron chi connectivity index (χ0n) is 30.5. The summed E-state index contributed by atoms with van der Waals surface area (Å²) in [5.41, 5.74) is 0.648. The number of Topliss-reactive ketones (excluding diaryl/α,β-unsaturated/α-hetero) is 1. The quantitative estimate of drug-likeness (QED) is 0.352. The summed E-state index contributed by atoms with van der Waals surface area (Å²) < 4.78 is 38.7. The zero-order valence-corrected chi connectivity index (χ0v) is 31.3. The number of nitrogens with zero attached hydrogens (tertiary/aromatic N) is 2. The third kappa shape index (κ3) is 14.3. The summed E-state index contributed by atoms with van der Waals surface area (Å²) >= 11 is 0. The van der Waals surface area contributed by atoms with Gasteiger partial charge in [0, 0.05) is 32.0 Å². The molecule has 3 N–H and O–H groups in total. The Morgan fingerprint density at radius 1 is 1.06 bits per heavy atom. The van der Waals surface area contributed by atoms with Gasteiger partial charge >= 0.3 is 5.97 Å². The van der Waals surface area contributed by atoms with Crippen molar-refractivity contribution in [3.63, 3.8) is 0 Å². The average Bonchev–Trinajstić information content (AvgIpc) is 3.51. The summed E-state index contributed by atoms with van der Waals surface area (Å²) in [4.78, 5) is 57.6. The molecule has 1 aromatic heterocycles. The smallest absolute Gasteiger partial charge is 0.310 e. The van der Waals surface area contributed by atoms with Gasteiger partial charge in [0.05, 0.1) is 29.4 Å². The monoisotopic (exact) mass is 720 g/mol. The molecule has 0 saturated carbocycles. The Labute approximate surface area is 296 Å². The number of cyclic esters (lactones) is 1. The SMILES string of the molecule is CCN(CC)CCS(=O)(=O)[C@@H]1CCNC(=O)c2coc(n2)CC(=O)C[C@H](O)/C=C(C)/C=C/CCNC(=O)/C=C/[C@@H](C)[C@@H](C(C)C)OC(=O)[C@@H]1C. The summed E-state index contributed by atoms with van der Waals surface area (Å²) in [6, 6.07) is 0. The summed E-state index contributed by atoms with van der Waals surface area (Å²) in [7, 11) is -3.84. The van der Waals surface area contributed by atoms with E-state index in [2.05, 4.69) is 15.6 Å². The number of ether oxygens (including phenoxy) is 1. The Morgan fingerprint density at radius 3 is 2.42 bits per heavy atom. The van der Waals surface area contributed by atoms with Crippen molar-refractivity contribution in [1.29, 1.82) is 0 Å². The van der Waals surface area contributed by atoms with E-state index in [4.69, 9.17) is 9.15 Å². The highest BCUT2D eigenvalue weighted by Gasteiger charge is 2.37. The first-order valence-electron chi connectivity index (χ1n) is 17.5. The molecule has 2 amide bonds. The molecule has 1 aromatic rings. The second-order valence-corrected chi connectivity index (χ2v) is 15.5. The summed E-state index contributed by atoms with van der Waals surface area (Å²) in [6.45, 7) is 14.7. The highest BCUT2D eigenvalue weighted by Crippen LogP contribution is 2.24. The number of carbonyl (C=O) groups excluding carboxylic acids is 4. The molecule has 5 atom stereocenters. The predicted molar refractivity (Wildman–Crippen MR) is 191 cm³/mol. The van der Waals surface area contributed by atoms with Gasteiger partial charge in [-0.1, -0.05) is 71.4 Å². The predicted octanol–water partition coefficient (Wildman–Crippen LogP) is 3.20. The lowest BCUT2D eigenvalue weighted by atomic mass is 9.93. The maximum atomic E-state index is 13.7. The van der Waals surface area contributed by atoms with E-state index in [0.29, 0.717) is 32.6 Å². The third-order valence-corrected chi connectivity index (χ3v) is 11.0. The Morgan fingerprint density at radius 2 is 1.76 bits per heavy atom. The first-order chi connectivity index (χ1) is 23.6. The molecule has 2 bridgehead atoms. The summed E-state index contributed by atoms with van der Waals surface area (Å²) in [6.07, 6.45) is 7.73. The molecule has 50 heavy (non-hydrogen) atoms. The molecule has 13 nitrogen and oxygen atoms in total. The number of hydrogen-bond acceptors (Lipinski definition) is 11. The van der Waals surface area contributed by atoms with Crippen molar-refractivity contribution in [3.05, 3.63) is 53.8 Å². The van der Waals surface area contributed by atoms with Crippen molar-refractivity contribution >= 4 is 33.4 Å². The molecule has 1 aliphatic heterocycles. The third-order valence-electron chi connectivity index (χ3n) is 8.69. The number of ketones is 1. The minimum Gasteiger partial charge on any atom is -0.461 e. The van der Waals surface area contributed by atoms with Crippen LogP contribution >= 0.6 is 0 Å². The van der Waals surface area contributed by atoms with Gasteiger partial charge in [-0.25, -0.2) is 13.4 Å². The Bertz CT molecular complexity index is 1480. The molecule has 14 heteroatoms. The topological polar surface area (TPSA) is 185 Å². The van der Waals surface area contributed by atoms with Crippen LogP contribution in [0.1, 0.15) is 84.1 Å². The number of hydrogen-bond donors (Lipinski definition) is 3. The average molecular weight is 721 g/mol. The molecule has 0 spiro atoms. The van der Waals surface area contributed by atoms with E-state index in [1.54, 1.807) is 25.2 Å². The van der Waals surface area contributed by atoms with E-state index in [9.17, 15) is 32.7 Å². The van der Waals surface area contributed by atoms with Crippen LogP contribution in [0, 0.1) is 17.8 Å². The normalized spacial score (nSPS) is 27.1. The van der Waals surface area contributed by atoms with Crippen molar-refractivity contribution in [2.24, 2.45) is 17.8 Å². The molecule has 2 heterocycles. The molecule has 0 fully saturated rings. The first kappa shape index (κ1) is 42.5. The number of aliphatic hydroxyl groups excluding tert-OH is 1. The Hall–Kier alpha value is -3.62. The number of oxazole rings is 1. The molecular formula is C36H56N4O9S. The van der Waals surface area contributed by atoms with E-state index in [0.717, 1.165) is 11.8 Å². The van der Waals surface area contributed by atoms with Crippen molar-refractivity contribution in [2.75, 3.05) is 38.5 Å². The number of amides is 2. The molecule has 2 rings (SSSR count). The zero-order chi connectivity index (χ0) is 37.4. The minimum atomic E-state index is -3.84. The lowest BCUT2D eigenvalue weighted by Crippen LogP contribution is -2.42. The lowest BCUT2D eigenvalue weighted by molar-refractivity contribution is -0.157. The van der Waals surface area contributed by atoms with Gasteiger partial charge in [0.1, 0.15) is 18.2 Å². The second kappa shape index (κ2) is 20.9. The van der Waals surface area contributed by atoms with Gasteiger partial charge < -0.3 is 29.8 Å². The van der Waals surface area contributed by atoms with Crippen molar-refractivity contribution in [3.8, 4) is 0 Å². The van der Waals surface area contributed by atoms with Crippen LogP contribution in [0.25, 0.3) is 0 Å². The number of esters is 1. The van der Waals surface area contributed by atoms with Crippen LogP contribution in [0.3, 0.4) is 0 Å². The summed E-state index contributed by atoms with van der Waals surface area (Å²) in [5, 5.41) is 14.7. The van der Waals surface area contributed by atoms with Crippen LogP contribution in [0.15, 0.2) is 46.6 Å². The standard InChI is InChI=1S/C36H56N4O9S/c1-8-40(9-2)18-19-50(46,47)31-15-17-38-35(44)30-23-48-33(39-30)22-29(42)21-28(41)20-25(5)12-10-11-16-37-32(43)14-13-26(6)34(24(3)4)49-36(45)27(31)7/h10,12-14,20,23-24,26-28,31,34,41H,8-9,11,15-19,21-22H2,1-7H3,(H,37,43)(H,38,44)/b12-10+,14-13+,25-20+/t26-,27-,28-,31-,34-/m1/s1. The van der Waals surface area contributed by atoms with Gasteiger partial charge in [0.2, 0.25) is 11.8 Å². The molecule has 0 aliphatic carbocycles. The second-order valence-electron chi connectivity index (χ2n) is 13.1. The van der Waals surface area contributed by atoms with Gasteiger partial charge in [-0.05, 0) is 44.8 Å². The fourth-order valence-corrected chi connectivity index (χ4v) is 7.72. The van der Waals surface area contributed by atoms with Gasteiger partial charge in [-0.15, -0.1) is 0 Å². The lowest BCUT2D eigenvalue weighted by Gasteiger charge is -2.30. The number of carbonyl (C=O) groups is 4. The van der Waals surface area contributed by atoms with Crippen molar-refractivity contribution in [1.82, 2.24) is 20.5 Å². The first-order valence-corrected chi connectivity index (χ1v) is 19.2. The van der Waals surface area contributed by atoms with Crippen LogP contribution < -0.4 is 10.6 Å². The van der Waals surface area contributed by atoms with E-state index >= 15 is 0 Å². The molecule has 1 aliphatic rings. The molecule has 0 saturated heterocycles. The number of fused-ring (bicyclic) bond motifs is 2. The highest BCUT2D eigenvalue weighted by molar-refractivity contribution is 7.92. The van der Waals surface area contributed by atoms with Crippen LogP contribution in [0.2, 0.25) is 0 Å². The Kier molecular flexibility index (Phi) is 17.8. The van der Waals surface area contributed by atoms with Gasteiger partial charge in [-0.2, -0.15) is 0 Å². The Balaban J connectivity index is 2.37. The largest absolute Gasteiger partial charge is 0.461 e.